The largest absolute Gasteiger partial charge is 0.374 e. The highest BCUT2D eigenvalue weighted by molar-refractivity contribution is 5.36. The third-order valence-corrected chi connectivity index (χ3v) is 4.59. The number of anilines is 1. The number of hydrogen-bond acceptors (Lipinski definition) is 6. The third kappa shape index (κ3) is 3.42. The molecule has 0 aromatic carbocycles. The number of rotatable bonds is 5. The van der Waals surface area contributed by atoms with Crippen molar-refractivity contribution in [2.75, 3.05) is 31.6 Å². The lowest BCUT2D eigenvalue weighted by molar-refractivity contribution is -0.0241. The number of hydrogen-bond donors (Lipinski definition) is 1. The second-order valence-electron chi connectivity index (χ2n) is 6.70. The zero-order valence-electron chi connectivity index (χ0n) is 14.3. The highest BCUT2D eigenvalue weighted by atomic mass is 16.5. The highest BCUT2D eigenvalue weighted by Crippen LogP contribution is 2.28. The first kappa shape index (κ1) is 15.5. The minimum Gasteiger partial charge on any atom is -0.374 e. The van der Waals surface area contributed by atoms with Gasteiger partial charge in [-0.15, -0.1) is 0 Å². The van der Waals surface area contributed by atoms with Crippen molar-refractivity contribution >= 4 is 5.82 Å². The lowest BCUT2D eigenvalue weighted by atomic mass is 10.2. The molecule has 0 amide bonds. The van der Waals surface area contributed by atoms with Gasteiger partial charge in [0.1, 0.15) is 5.82 Å². The topological polar surface area (TPSA) is 68.1 Å². The van der Waals surface area contributed by atoms with E-state index in [1.807, 2.05) is 24.6 Å². The third-order valence-electron chi connectivity index (χ3n) is 4.59. The molecule has 2 aromatic heterocycles. The van der Waals surface area contributed by atoms with Gasteiger partial charge in [-0.1, -0.05) is 0 Å². The molecule has 2 aromatic rings. The van der Waals surface area contributed by atoms with Crippen LogP contribution in [0.4, 0.5) is 5.82 Å². The summed E-state index contributed by atoms with van der Waals surface area (Å²) in [6.07, 6.45) is 6.37. The van der Waals surface area contributed by atoms with Crippen molar-refractivity contribution in [1.29, 1.82) is 0 Å². The summed E-state index contributed by atoms with van der Waals surface area (Å²) in [5, 5.41) is 7.83. The fourth-order valence-electron chi connectivity index (χ4n) is 3.26. The molecule has 7 nitrogen and oxygen atoms in total. The number of aryl methyl sites for hydroxylation is 2. The fraction of sp³-hybridized carbons (Fsp3) is 0.588. The first-order valence-electron chi connectivity index (χ1n) is 8.64. The van der Waals surface area contributed by atoms with Crippen molar-refractivity contribution < 1.29 is 4.74 Å². The van der Waals surface area contributed by atoms with E-state index in [1.54, 1.807) is 12.4 Å². The zero-order chi connectivity index (χ0) is 16.5. The molecule has 1 saturated heterocycles. The van der Waals surface area contributed by atoms with Crippen molar-refractivity contribution in [1.82, 2.24) is 24.6 Å². The molecular weight excluding hydrogens is 304 g/mol. The SMILES string of the molecule is Cc1cc(C)n(-c2cncc(NCC3CN(C4CC4)CCO3)n2)n1. The van der Waals surface area contributed by atoms with E-state index in [4.69, 9.17) is 4.74 Å². The minimum atomic E-state index is 0.207. The van der Waals surface area contributed by atoms with Crippen LogP contribution < -0.4 is 5.32 Å². The summed E-state index contributed by atoms with van der Waals surface area (Å²) >= 11 is 0. The van der Waals surface area contributed by atoms with E-state index in [9.17, 15) is 0 Å². The van der Waals surface area contributed by atoms with Gasteiger partial charge in [-0.05, 0) is 32.8 Å². The Kier molecular flexibility index (Phi) is 4.20. The molecule has 128 valence electrons. The number of morpholine rings is 1. The minimum absolute atomic E-state index is 0.207. The van der Waals surface area contributed by atoms with Gasteiger partial charge in [0.15, 0.2) is 5.82 Å². The van der Waals surface area contributed by atoms with Gasteiger partial charge >= 0.3 is 0 Å². The molecule has 4 rings (SSSR count). The number of nitrogens with zero attached hydrogens (tertiary/aromatic N) is 5. The average molecular weight is 328 g/mol. The Morgan fingerprint density at radius 3 is 2.92 bits per heavy atom. The molecule has 7 heteroatoms. The smallest absolute Gasteiger partial charge is 0.174 e. The molecule has 1 N–H and O–H groups in total. The molecule has 1 atom stereocenters. The predicted molar refractivity (Wildman–Crippen MR) is 91.5 cm³/mol. The molecular formula is C17H24N6O. The van der Waals surface area contributed by atoms with Gasteiger partial charge in [0, 0.05) is 31.4 Å². The van der Waals surface area contributed by atoms with Crippen LogP contribution in [0.3, 0.4) is 0 Å². The Morgan fingerprint density at radius 2 is 2.17 bits per heavy atom. The van der Waals surface area contributed by atoms with Gasteiger partial charge in [0.25, 0.3) is 0 Å². The quantitative estimate of drug-likeness (QED) is 0.898. The standard InChI is InChI=1S/C17H24N6O/c1-12-7-13(2)23(21-12)17-10-18-9-16(20-17)19-8-15-11-22(5-6-24-15)14-3-4-14/h7,9-10,14-15H,3-6,8,11H2,1-2H3,(H,19,20). The van der Waals surface area contributed by atoms with E-state index in [0.717, 1.165) is 55.3 Å². The van der Waals surface area contributed by atoms with Gasteiger partial charge in [-0.3, -0.25) is 9.88 Å². The number of aromatic nitrogens is 4. The average Bonchev–Trinajstić information content (AvgIpc) is 3.38. The van der Waals surface area contributed by atoms with Crippen molar-refractivity contribution in [3.8, 4) is 5.82 Å². The van der Waals surface area contributed by atoms with Crippen molar-refractivity contribution in [3.63, 3.8) is 0 Å². The summed E-state index contributed by atoms with van der Waals surface area (Å²) in [5.74, 6) is 1.49. The van der Waals surface area contributed by atoms with Gasteiger partial charge in [0.2, 0.25) is 0 Å². The van der Waals surface area contributed by atoms with Gasteiger partial charge in [-0.25, -0.2) is 9.67 Å². The van der Waals surface area contributed by atoms with E-state index in [0.29, 0.717) is 0 Å². The van der Waals surface area contributed by atoms with Crippen LogP contribution in [0.15, 0.2) is 18.5 Å². The van der Waals surface area contributed by atoms with E-state index in [1.165, 1.54) is 12.8 Å². The van der Waals surface area contributed by atoms with Gasteiger partial charge in [0.05, 0.1) is 30.8 Å². The summed E-state index contributed by atoms with van der Waals surface area (Å²) in [4.78, 5) is 11.5. The van der Waals surface area contributed by atoms with Crippen LogP contribution in [0, 0.1) is 13.8 Å². The fourth-order valence-corrected chi connectivity index (χ4v) is 3.26. The maximum absolute atomic E-state index is 5.88. The Balaban J connectivity index is 1.40. The summed E-state index contributed by atoms with van der Waals surface area (Å²) < 4.78 is 7.69. The number of ether oxygens (including phenoxy) is 1. The van der Waals surface area contributed by atoms with E-state index in [-0.39, 0.29) is 6.10 Å². The number of nitrogens with one attached hydrogen (secondary N) is 1. The van der Waals surface area contributed by atoms with Crippen molar-refractivity contribution in [2.45, 2.75) is 38.8 Å². The van der Waals surface area contributed by atoms with Crippen molar-refractivity contribution in [2.24, 2.45) is 0 Å². The van der Waals surface area contributed by atoms with Crippen LogP contribution in [0.1, 0.15) is 24.2 Å². The summed E-state index contributed by atoms with van der Waals surface area (Å²) in [6, 6.07) is 2.83. The van der Waals surface area contributed by atoms with E-state index in [2.05, 4.69) is 25.3 Å². The van der Waals surface area contributed by atoms with Gasteiger partial charge < -0.3 is 10.1 Å². The predicted octanol–water partition coefficient (Wildman–Crippen LogP) is 1.55. The molecule has 0 bridgehead atoms. The zero-order valence-corrected chi connectivity index (χ0v) is 14.3. The second kappa shape index (κ2) is 6.49. The lowest BCUT2D eigenvalue weighted by Gasteiger charge is -2.33. The maximum Gasteiger partial charge on any atom is 0.174 e. The van der Waals surface area contributed by atoms with Crippen LogP contribution in [-0.4, -0.2) is 63.0 Å². The Bertz CT molecular complexity index is 711. The first-order valence-corrected chi connectivity index (χ1v) is 8.64. The monoisotopic (exact) mass is 328 g/mol. The normalized spacial score (nSPS) is 21.8. The van der Waals surface area contributed by atoms with Crippen molar-refractivity contribution in [3.05, 3.63) is 29.8 Å². The molecule has 1 aliphatic heterocycles. The van der Waals surface area contributed by atoms with Gasteiger partial charge in [-0.2, -0.15) is 5.10 Å². The lowest BCUT2D eigenvalue weighted by Crippen LogP contribution is -2.46. The Hall–Kier alpha value is -1.99. The molecule has 3 heterocycles. The molecule has 2 aliphatic rings. The van der Waals surface area contributed by atoms with Crippen LogP contribution in [-0.2, 0) is 4.74 Å². The molecule has 1 unspecified atom stereocenters. The van der Waals surface area contributed by atoms with Crippen LogP contribution >= 0.6 is 0 Å². The molecule has 0 spiro atoms. The van der Waals surface area contributed by atoms with E-state index >= 15 is 0 Å². The molecule has 0 radical (unpaired) electrons. The van der Waals surface area contributed by atoms with Crippen LogP contribution in [0.5, 0.6) is 0 Å². The van der Waals surface area contributed by atoms with Crippen LogP contribution in [0.2, 0.25) is 0 Å². The molecule has 1 saturated carbocycles. The molecule has 1 aliphatic carbocycles. The molecule has 24 heavy (non-hydrogen) atoms. The molecule has 2 fully saturated rings. The maximum atomic E-state index is 5.88. The Morgan fingerprint density at radius 1 is 1.29 bits per heavy atom. The highest BCUT2D eigenvalue weighted by Gasteiger charge is 2.32. The van der Waals surface area contributed by atoms with Crippen LogP contribution in [0.25, 0.3) is 5.82 Å². The first-order chi connectivity index (χ1) is 11.7. The summed E-state index contributed by atoms with van der Waals surface area (Å²) in [5.41, 5.74) is 2.03. The van der Waals surface area contributed by atoms with E-state index < -0.39 is 0 Å². The second-order valence-corrected chi connectivity index (χ2v) is 6.70. The Labute approximate surface area is 142 Å². The summed E-state index contributed by atoms with van der Waals surface area (Å²) in [6.45, 7) is 7.63. The summed E-state index contributed by atoms with van der Waals surface area (Å²) in [7, 11) is 0.